The molecule has 3 atom stereocenters. The van der Waals surface area contributed by atoms with Crippen molar-refractivity contribution in [2.75, 3.05) is 16.8 Å². The highest BCUT2D eigenvalue weighted by molar-refractivity contribution is 5.98. The van der Waals surface area contributed by atoms with Crippen LogP contribution >= 0.6 is 0 Å². The molecule has 1 saturated carbocycles. The number of hydrogen-bond donors (Lipinski definition) is 0. The first-order chi connectivity index (χ1) is 14.9. The Morgan fingerprint density at radius 3 is 2.41 bits per heavy atom. The van der Waals surface area contributed by atoms with E-state index >= 15 is 0 Å². The Hall–Kier alpha value is -2.85. The third kappa shape index (κ3) is 4.00. The molecule has 0 spiro atoms. The molecule has 172 valence electrons. The maximum absolute atomic E-state index is 13.4. The molecule has 2 aromatic heterocycles. The number of amides is 1. The van der Waals surface area contributed by atoms with Crippen LogP contribution in [-0.2, 0) is 17.1 Å². The first kappa shape index (κ1) is 22.3. The van der Waals surface area contributed by atoms with Gasteiger partial charge < -0.3 is 4.90 Å². The Labute approximate surface area is 180 Å². The van der Waals surface area contributed by atoms with E-state index in [1.54, 1.807) is 18.3 Å². The van der Waals surface area contributed by atoms with Crippen LogP contribution in [0.2, 0.25) is 0 Å². The number of pyridine rings is 2. The van der Waals surface area contributed by atoms with Crippen molar-refractivity contribution in [1.29, 1.82) is 0 Å². The SMILES string of the molecule is Cc1ccc(N(C)C(=O)[C@@H]2[C@H]3CC[C@H](C3)N2c2cc(C(F)(F)F)cc(C(F)(F)F)n2)nc1. The van der Waals surface area contributed by atoms with E-state index in [1.165, 1.54) is 16.8 Å². The van der Waals surface area contributed by atoms with Gasteiger partial charge in [-0.25, -0.2) is 9.97 Å². The lowest BCUT2D eigenvalue weighted by molar-refractivity contribution is -0.145. The Morgan fingerprint density at radius 1 is 1.09 bits per heavy atom. The fraction of sp³-hybridized carbons (Fsp3) is 0.476. The van der Waals surface area contributed by atoms with E-state index in [-0.39, 0.29) is 18.0 Å². The summed E-state index contributed by atoms with van der Waals surface area (Å²) in [7, 11) is 1.49. The second-order valence-electron chi connectivity index (χ2n) is 8.26. The van der Waals surface area contributed by atoms with Gasteiger partial charge in [0.25, 0.3) is 5.91 Å². The zero-order valence-electron chi connectivity index (χ0n) is 17.2. The van der Waals surface area contributed by atoms with E-state index in [2.05, 4.69) is 9.97 Å². The smallest absolute Gasteiger partial charge is 0.341 e. The molecule has 2 bridgehead atoms. The largest absolute Gasteiger partial charge is 0.433 e. The molecular formula is C21H20F6N4O. The van der Waals surface area contributed by atoms with E-state index in [9.17, 15) is 31.1 Å². The van der Waals surface area contributed by atoms with Crippen LogP contribution in [0.3, 0.4) is 0 Å². The highest BCUT2D eigenvalue weighted by atomic mass is 19.4. The molecule has 0 radical (unpaired) electrons. The van der Waals surface area contributed by atoms with E-state index in [1.807, 2.05) is 6.92 Å². The minimum Gasteiger partial charge on any atom is -0.341 e. The molecule has 2 aromatic rings. The lowest BCUT2D eigenvalue weighted by Crippen LogP contribution is -2.51. The van der Waals surface area contributed by atoms with Crippen molar-refractivity contribution in [2.45, 2.75) is 50.6 Å². The summed E-state index contributed by atoms with van der Waals surface area (Å²) < 4.78 is 80.0. The topological polar surface area (TPSA) is 49.3 Å². The summed E-state index contributed by atoms with van der Waals surface area (Å²) in [5, 5.41) is 0. The molecule has 0 unspecified atom stereocenters. The van der Waals surface area contributed by atoms with Crippen LogP contribution in [-0.4, -0.2) is 35.0 Å². The van der Waals surface area contributed by atoms with Crippen LogP contribution in [0.4, 0.5) is 38.0 Å². The normalized spacial score (nSPS) is 23.0. The minimum atomic E-state index is -5.06. The number of carbonyl (C=O) groups is 1. The number of aryl methyl sites for hydroxylation is 1. The van der Waals surface area contributed by atoms with Crippen LogP contribution in [0, 0.1) is 12.8 Å². The molecule has 1 saturated heterocycles. The Morgan fingerprint density at radius 2 is 1.81 bits per heavy atom. The van der Waals surface area contributed by atoms with Crippen molar-refractivity contribution >= 4 is 17.5 Å². The summed E-state index contributed by atoms with van der Waals surface area (Å²) in [5.74, 6) is -0.772. The van der Waals surface area contributed by atoms with E-state index in [0.29, 0.717) is 31.1 Å². The van der Waals surface area contributed by atoms with Gasteiger partial charge in [-0.15, -0.1) is 0 Å². The summed E-state index contributed by atoms with van der Waals surface area (Å²) in [6.45, 7) is 1.83. The van der Waals surface area contributed by atoms with E-state index in [0.717, 1.165) is 5.56 Å². The predicted octanol–water partition coefficient (Wildman–Crippen LogP) is 4.84. The second-order valence-corrected chi connectivity index (χ2v) is 8.26. The average molecular weight is 458 g/mol. The number of likely N-dealkylation sites (N-methyl/N-ethyl adjacent to an activating group) is 1. The number of piperidine rings is 1. The van der Waals surface area contributed by atoms with Crippen LogP contribution in [0.15, 0.2) is 30.5 Å². The van der Waals surface area contributed by atoms with Gasteiger partial charge in [0.05, 0.1) is 5.56 Å². The average Bonchev–Trinajstić information content (AvgIpc) is 3.33. The standard InChI is InChI=1S/C21H20F6N4O/c1-11-3-6-16(28-10-11)30(2)19(32)18-12-4-5-14(7-12)31(18)17-9-13(20(22,23)24)8-15(29-17)21(25,26)27/h3,6,8-10,12,14,18H,4-5,7H2,1-2H3/t12-,14+,18-/m0/s1. The number of nitrogens with zero attached hydrogens (tertiary/aromatic N) is 4. The molecule has 4 rings (SSSR count). The van der Waals surface area contributed by atoms with Crippen molar-refractivity contribution in [2.24, 2.45) is 5.92 Å². The monoisotopic (exact) mass is 458 g/mol. The molecule has 2 fully saturated rings. The maximum Gasteiger partial charge on any atom is 0.433 e. The van der Waals surface area contributed by atoms with Gasteiger partial charge in [-0.1, -0.05) is 6.07 Å². The maximum atomic E-state index is 13.4. The number of anilines is 2. The molecule has 32 heavy (non-hydrogen) atoms. The molecule has 2 aliphatic rings. The second kappa shape index (κ2) is 7.63. The summed E-state index contributed by atoms with van der Waals surface area (Å²) in [6.07, 6.45) is -6.74. The number of hydrogen-bond acceptors (Lipinski definition) is 4. The van der Waals surface area contributed by atoms with Gasteiger partial charge in [0.15, 0.2) is 0 Å². The fourth-order valence-corrected chi connectivity index (χ4v) is 4.56. The number of rotatable bonds is 3. The molecule has 0 aromatic carbocycles. The molecule has 11 heteroatoms. The van der Waals surface area contributed by atoms with Gasteiger partial charge in [-0.3, -0.25) is 9.69 Å². The Balaban J connectivity index is 1.75. The summed E-state index contributed by atoms with van der Waals surface area (Å²) in [4.78, 5) is 23.7. The van der Waals surface area contributed by atoms with Crippen molar-refractivity contribution in [1.82, 2.24) is 9.97 Å². The van der Waals surface area contributed by atoms with Crippen molar-refractivity contribution in [3.63, 3.8) is 0 Å². The molecule has 5 nitrogen and oxygen atoms in total. The minimum absolute atomic E-state index is 0.00297. The van der Waals surface area contributed by atoms with Crippen LogP contribution in [0.1, 0.15) is 36.1 Å². The predicted molar refractivity (Wildman–Crippen MR) is 104 cm³/mol. The van der Waals surface area contributed by atoms with Crippen LogP contribution in [0.25, 0.3) is 0 Å². The highest BCUT2D eigenvalue weighted by Crippen LogP contribution is 2.46. The van der Waals surface area contributed by atoms with Gasteiger partial charge >= 0.3 is 12.4 Å². The Kier molecular flexibility index (Phi) is 5.33. The Bertz CT molecular complexity index is 988. The lowest BCUT2D eigenvalue weighted by Gasteiger charge is -2.37. The molecule has 1 aliphatic carbocycles. The first-order valence-electron chi connectivity index (χ1n) is 10.0. The lowest BCUT2D eigenvalue weighted by atomic mass is 9.97. The summed E-state index contributed by atoms with van der Waals surface area (Å²) >= 11 is 0. The molecule has 0 N–H and O–H groups in total. The quantitative estimate of drug-likeness (QED) is 0.618. The molecule has 1 amide bonds. The first-order valence-corrected chi connectivity index (χ1v) is 10.0. The van der Waals surface area contributed by atoms with Crippen LogP contribution in [0.5, 0.6) is 0 Å². The van der Waals surface area contributed by atoms with E-state index < -0.39 is 41.4 Å². The summed E-state index contributed by atoms with van der Waals surface area (Å²) in [5.41, 5.74) is -2.20. The van der Waals surface area contributed by atoms with Gasteiger partial charge in [-0.05, 0) is 55.9 Å². The van der Waals surface area contributed by atoms with Gasteiger partial charge in [0.1, 0.15) is 23.4 Å². The number of halogens is 6. The van der Waals surface area contributed by atoms with Crippen LogP contribution < -0.4 is 9.80 Å². The van der Waals surface area contributed by atoms with E-state index in [4.69, 9.17) is 0 Å². The van der Waals surface area contributed by atoms with Gasteiger partial charge in [0.2, 0.25) is 0 Å². The molecule has 1 aliphatic heterocycles. The molecule has 3 heterocycles. The van der Waals surface area contributed by atoms with Crippen molar-refractivity contribution < 1.29 is 31.1 Å². The zero-order valence-corrected chi connectivity index (χ0v) is 17.2. The van der Waals surface area contributed by atoms with Gasteiger partial charge in [0, 0.05) is 19.3 Å². The number of fused-ring (bicyclic) bond motifs is 2. The number of aromatic nitrogens is 2. The highest BCUT2D eigenvalue weighted by Gasteiger charge is 2.51. The number of carbonyl (C=O) groups excluding carboxylic acids is 1. The third-order valence-corrected chi connectivity index (χ3v) is 6.10. The molecular weight excluding hydrogens is 438 g/mol. The fourth-order valence-electron chi connectivity index (χ4n) is 4.56. The van der Waals surface area contributed by atoms with Crippen molar-refractivity contribution in [3.8, 4) is 0 Å². The zero-order chi connectivity index (χ0) is 23.4. The van der Waals surface area contributed by atoms with Crippen molar-refractivity contribution in [3.05, 3.63) is 47.3 Å². The third-order valence-electron chi connectivity index (χ3n) is 6.10. The number of alkyl halides is 6. The summed E-state index contributed by atoms with van der Waals surface area (Å²) in [6, 6.07) is 2.71. The van der Waals surface area contributed by atoms with Gasteiger partial charge in [-0.2, -0.15) is 26.3 Å².